The number of carbonyl (C=O) groups is 1. The summed E-state index contributed by atoms with van der Waals surface area (Å²) in [6, 6.07) is 10.1. The molecule has 0 aliphatic carbocycles. The van der Waals surface area contributed by atoms with E-state index in [0.717, 1.165) is 5.56 Å². The molecule has 0 fully saturated rings. The standard InChI is InChI=1S/C15H18N2O2/c1-12(2)17(9-13-6-4-3-5-7-13)15(18)8-14-10-19-11-16-14/h3-7,10-12H,8-9H2,1-2H3. The maximum Gasteiger partial charge on any atom is 0.229 e. The molecule has 100 valence electrons. The zero-order valence-electron chi connectivity index (χ0n) is 11.2. The molecule has 0 saturated heterocycles. The third-order valence-electron chi connectivity index (χ3n) is 2.96. The summed E-state index contributed by atoms with van der Waals surface area (Å²) in [4.78, 5) is 18.1. The van der Waals surface area contributed by atoms with E-state index in [1.165, 1.54) is 12.7 Å². The Labute approximate surface area is 113 Å². The summed E-state index contributed by atoms with van der Waals surface area (Å²) in [6.07, 6.45) is 3.14. The summed E-state index contributed by atoms with van der Waals surface area (Å²) < 4.78 is 4.89. The molecule has 0 aliphatic rings. The summed E-state index contributed by atoms with van der Waals surface area (Å²) in [5.41, 5.74) is 1.80. The lowest BCUT2D eigenvalue weighted by molar-refractivity contribution is -0.132. The number of hydrogen-bond donors (Lipinski definition) is 0. The third-order valence-corrected chi connectivity index (χ3v) is 2.96. The fourth-order valence-electron chi connectivity index (χ4n) is 1.92. The predicted octanol–water partition coefficient (Wildman–Crippen LogP) is 2.65. The summed E-state index contributed by atoms with van der Waals surface area (Å²) in [7, 11) is 0. The molecule has 0 atom stereocenters. The summed E-state index contributed by atoms with van der Waals surface area (Å²) in [6.45, 7) is 4.66. The van der Waals surface area contributed by atoms with Crippen LogP contribution in [0, 0.1) is 0 Å². The first-order valence-corrected chi connectivity index (χ1v) is 6.37. The minimum Gasteiger partial charge on any atom is -0.451 e. The van der Waals surface area contributed by atoms with Crippen LogP contribution in [0.3, 0.4) is 0 Å². The monoisotopic (exact) mass is 258 g/mol. The fourth-order valence-corrected chi connectivity index (χ4v) is 1.92. The first kappa shape index (κ1) is 13.3. The third kappa shape index (κ3) is 3.68. The number of oxazole rings is 1. The van der Waals surface area contributed by atoms with Crippen molar-refractivity contribution in [3.8, 4) is 0 Å². The quantitative estimate of drug-likeness (QED) is 0.828. The highest BCUT2D eigenvalue weighted by Gasteiger charge is 2.18. The first-order chi connectivity index (χ1) is 9.16. The van der Waals surface area contributed by atoms with Crippen molar-refractivity contribution < 1.29 is 9.21 Å². The van der Waals surface area contributed by atoms with Crippen molar-refractivity contribution in [2.75, 3.05) is 0 Å². The van der Waals surface area contributed by atoms with Gasteiger partial charge in [-0.15, -0.1) is 0 Å². The number of carbonyl (C=O) groups excluding carboxylic acids is 1. The molecule has 0 N–H and O–H groups in total. The van der Waals surface area contributed by atoms with Gasteiger partial charge in [-0.1, -0.05) is 30.3 Å². The Morgan fingerprint density at radius 3 is 2.63 bits per heavy atom. The number of rotatable bonds is 5. The number of benzene rings is 1. The van der Waals surface area contributed by atoms with Crippen LogP contribution in [-0.2, 0) is 17.8 Å². The van der Waals surface area contributed by atoms with Gasteiger partial charge in [-0.2, -0.15) is 0 Å². The zero-order chi connectivity index (χ0) is 13.7. The Morgan fingerprint density at radius 2 is 2.05 bits per heavy atom. The number of hydrogen-bond acceptors (Lipinski definition) is 3. The van der Waals surface area contributed by atoms with Crippen molar-refractivity contribution in [1.82, 2.24) is 9.88 Å². The molecule has 1 heterocycles. The van der Waals surface area contributed by atoms with Gasteiger partial charge in [0.1, 0.15) is 6.26 Å². The molecule has 2 rings (SSSR count). The van der Waals surface area contributed by atoms with Gasteiger partial charge in [0.2, 0.25) is 5.91 Å². The lowest BCUT2D eigenvalue weighted by atomic mass is 10.1. The second kappa shape index (κ2) is 6.18. The van der Waals surface area contributed by atoms with E-state index in [1.54, 1.807) is 0 Å². The van der Waals surface area contributed by atoms with Crippen LogP contribution in [0.15, 0.2) is 47.4 Å². The normalized spacial score (nSPS) is 10.7. The van der Waals surface area contributed by atoms with Gasteiger partial charge in [-0.3, -0.25) is 4.79 Å². The molecule has 0 radical (unpaired) electrons. The van der Waals surface area contributed by atoms with Gasteiger partial charge in [0.25, 0.3) is 0 Å². The molecule has 1 aromatic carbocycles. The van der Waals surface area contributed by atoms with E-state index in [1.807, 2.05) is 49.1 Å². The molecule has 4 heteroatoms. The van der Waals surface area contributed by atoms with Crippen molar-refractivity contribution in [3.63, 3.8) is 0 Å². The van der Waals surface area contributed by atoms with E-state index < -0.39 is 0 Å². The molecular formula is C15H18N2O2. The van der Waals surface area contributed by atoms with E-state index in [4.69, 9.17) is 4.42 Å². The van der Waals surface area contributed by atoms with Gasteiger partial charge in [-0.05, 0) is 19.4 Å². The van der Waals surface area contributed by atoms with E-state index in [9.17, 15) is 4.79 Å². The number of aromatic nitrogens is 1. The highest BCUT2D eigenvalue weighted by molar-refractivity contribution is 5.78. The Bertz CT molecular complexity index is 506. The van der Waals surface area contributed by atoms with Crippen molar-refractivity contribution in [2.24, 2.45) is 0 Å². The topological polar surface area (TPSA) is 46.3 Å². The molecule has 0 aliphatic heterocycles. The van der Waals surface area contributed by atoms with Crippen LogP contribution in [-0.4, -0.2) is 21.8 Å². The van der Waals surface area contributed by atoms with Crippen LogP contribution in [0.4, 0.5) is 0 Å². The largest absolute Gasteiger partial charge is 0.451 e. The Hall–Kier alpha value is -2.10. The minimum absolute atomic E-state index is 0.0627. The van der Waals surface area contributed by atoms with Gasteiger partial charge in [-0.25, -0.2) is 4.98 Å². The summed E-state index contributed by atoms with van der Waals surface area (Å²) in [5.74, 6) is 0.0627. The van der Waals surface area contributed by atoms with Crippen molar-refractivity contribution in [1.29, 1.82) is 0 Å². The van der Waals surface area contributed by atoms with Crippen molar-refractivity contribution in [3.05, 3.63) is 54.2 Å². The molecule has 0 saturated carbocycles. The Balaban J connectivity index is 2.05. The summed E-state index contributed by atoms with van der Waals surface area (Å²) in [5, 5.41) is 0. The lowest BCUT2D eigenvalue weighted by Crippen LogP contribution is -2.37. The maximum absolute atomic E-state index is 12.3. The maximum atomic E-state index is 12.3. The lowest BCUT2D eigenvalue weighted by Gasteiger charge is -2.26. The zero-order valence-corrected chi connectivity index (χ0v) is 11.2. The van der Waals surface area contributed by atoms with Crippen LogP contribution in [0.2, 0.25) is 0 Å². The molecule has 19 heavy (non-hydrogen) atoms. The molecular weight excluding hydrogens is 240 g/mol. The first-order valence-electron chi connectivity index (χ1n) is 6.37. The Morgan fingerprint density at radius 1 is 1.32 bits per heavy atom. The molecule has 2 aromatic rings. The smallest absolute Gasteiger partial charge is 0.229 e. The highest BCUT2D eigenvalue weighted by Crippen LogP contribution is 2.10. The van der Waals surface area contributed by atoms with Crippen LogP contribution in [0.1, 0.15) is 25.1 Å². The molecule has 0 spiro atoms. The minimum atomic E-state index is 0.0627. The van der Waals surface area contributed by atoms with Gasteiger partial charge in [0, 0.05) is 12.6 Å². The average molecular weight is 258 g/mol. The van der Waals surface area contributed by atoms with Gasteiger partial charge >= 0.3 is 0 Å². The van der Waals surface area contributed by atoms with Gasteiger partial charge in [0.05, 0.1) is 12.1 Å². The predicted molar refractivity (Wildman–Crippen MR) is 72.3 cm³/mol. The van der Waals surface area contributed by atoms with E-state index in [2.05, 4.69) is 4.98 Å². The molecule has 4 nitrogen and oxygen atoms in total. The van der Waals surface area contributed by atoms with Crippen LogP contribution in [0.5, 0.6) is 0 Å². The van der Waals surface area contributed by atoms with Crippen molar-refractivity contribution in [2.45, 2.75) is 32.9 Å². The van der Waals surface area contributed by atoms with E-state index in [-0.39, 0.29) is 18.4 Å². The SMILES string of the molecule is CC(C)N(Cc1ccccc1)C(=O)Cc1cocn1. The van der Waals surface area contributed by atoms with E-state index >= 15 is 0 Å². The fraction of sp³-hybridized carbons (Fsp3) is 0.333. The molecule has 0 unspecified atom stereocenters. The number of amides is 1. The van der Waals surface area contributed by atoms with Gasteiger partial charge < -0.3 is 9.32 Å². The summed E-state index contributed by atoms with van der Waals surface area (Å²) >= 11 is 0. The molecule has 1 amide bonds. The van der Waals surface area contributed by atoms with Gasteiger partial charge in [0.15, 0.2) is 6.39 Å². The Kier molecular flexibility index (Phi) is 4.34. The van der Waals surface area contributed by atoms with Crippen molar-refractivity contribution >= 4 is 5.91 Å². The average Bonchev–Trinajstić information content (AvgIpc) is 2.89. The van der Waals surface area contributed by atoms with Crippen LogP contribution >= 0.6 is 0 Å². The second-order valence-electron chi connectivity index (χ2n) is 4.76. The van der Waals surface area contributed by atoms with Crippen LogP contribution < -0.4 is 0 Å². The van der Waals surface area contributed by atoms with E-state index in [0.29, 0.717) is 12.2 Å². The number of nitrogens with zero attached hydrogens (tertiary/aromatic N) is 2. The van der Waals surface area contributed by atoms with Crippen LogP contribution in [0.25, 0.3) is 0 Å². The highest BCUT2D eigenvalue weighted by atomic mass is 16.3. The second-order valence-corrected chi connectivity index (χ2v) is 4.76. The molecule has 0 bridgehead atoms. The molecule has 1 aromatic heterocycles.